The maximum atomic E-state index is 12.3. The Morgan fingerprint density at radius 3 is 2.77 bits per heavy atom. The van der Waals surface area contributed by atoms with Gasteiger partial charge in [0.1, 0.15) is 6.04 Å². The molecule has 0 saturated heterocycles. The Morgan fingerprint density at radius 1 is 1.27 bits per heavy atom. The third-order valence-corrected chi connectivity index (χ3v) is 4.13. The number of H-pyrrole nitrogens is 1. The van der Waals surface area contributed by atoms with Crippen molar-refractivity contribution in [2.45, 2.75) is 44.7 Å². The van der Waals surface area contributed by atoms with Gasteiger partial charge in [-0.1, -0.05) is 31.0 Å². The Balaban J connectivity index is 1.64. The van der Waals surface area contributed by atoms with Crippen LogP contribution >= 0.6 is 0 Å². The van der Waals surface area contributed by atoms with E-state index in [4.69, 9.17) is 0 Å². The molecule has 0 aliphatic heterocycles. The molecular weight excluding hydrogens is 280 g/mol. The molecule has 0 spiro atoms. The lowest BCUT2D eigenvalue weighted by Gasteiger charge is -2.17. The second-order valence-corrected chi connectivity index (χ2v) is 5.80. The van der Waals surface area contributed by atoms with Crippen LogP contribution in [-0.2, 0) is 4.79 Å². The van der Waals surface area contributed by atoms with Crippen molar-refractivity contribution in [3.05, 3.63) is 30.0 Å². The highest BCUT2D eigenvalue weighted by Crippen LogP contribution is 2.18. The molecule has 2 aromatic rings. The normalized spacial score (nSPS) is 16.6. The van der Waals surface area contributed by atoms with Crippen LogP contribution in [0.2, 0.25) is 0 Å². The minimum Gasteiger partial charge on any atom is -0.352 e. The van der Waals surface area contributed by atoms with Crippen molar-refractivity contribution in [2.24, 2.45) is 0 Å². The summed E-state index contributed by atoms with van der Waals surface area (Å²) in [5, 5.41) is 13.3. The molecule has 1 aromatic heterocycles. The zero-order valence-corrected chi connectivity index (χ0v) is 12.6. The number of hydrogen-bond donors (Lipinski definition) is 3. The molecule has 22 heavy (non-hydrogen) atoms. The number of amides is 2. The zero-order valence-electron chi connectivity index (χ0n) is 12.6. The van der Waals surface area contributed by atoms with Crippen molar-refractivity contribution in [3.63, 3.8) is 0 Å². The molecule has 1 aromatic carbocycles. The first kappa shape index (κ1) is 14.6. The molecule has 0 radical (unpaired) electrons. The smallest absolute Gasteiger partial charge is 0.273 e. The molecule has 1 heterocycles. The second-order valence-electron chi connectivity index (χ2n) is 5.80. The van der Waals surface area contributed by atoms with E-state index in [1.807, 2.05) is 24.3 Å². The van der Waals surface area contributed by atoms with E-state index >= 15 is 0 Å². The van der Waals surface area contributed by atoms with Crippen LogP contribution in [0.1, 0.15) is 43.1 Å². The molecule has 1 aliphatic carbocycles. The van der Waals surface area contributed by atoms with Crippen molar-refractivity contribution in [2.75, 3.05) is 0 Å². The van der Waals surface area contributed by atoms with Gasteiger partial charge >= 0.3 is 0 Å². The van der Waals surface area contributed by atoms with Crippen molar-refractivity contribution < 1.29 is 9.59 Å². The summed E-state index contributed by atoms with van der Waals surface area (Å²) in [5.74, 6) is -0.480. The number of aromatic nitrogens is 2. The van der Waals surface area contributed by atoms with E-state index in [1.165, 1.54) is 0 Å². The van der Waals surface area contributed by atoms with Crippen LogP contribution in [0, 0.1) is 0 Å². The van der Waals surface area contributed by atoms with E-state index in [0.29, 0.717) is 5.69 Å². The van der Waals surface area contributed by atoms with E-state index in [9.17, 15) is 9.59 Å². The number of nitrogens with zero attached hydrogens (tertiary/aromatic N) is 1. The van der Waals surface area contributed by atoms with Crippen molar-refractivity contribution >= 4 is 22.7 Å². The summed E-state index contributed by atoms with van der Waals surface area (Å²) in [5.41, 5.74) is 1.12. The first-order chi connectivity index (χ1) is 10.6. The predicted molar refractivity (Wildman–Crippen MR) is 83.4 cm³/mol. The van der Waals surface area contributed by atoms with Crippen LogP contribution in [0.5, 0.6) is 0 Å². The van der Waals surface area contributed by atoms with Gasteiger partial charge in [-0.25, -0.2) is 0 Å². The summed E-state index contributed by atoms with van der Waals surface area (Å²) >= 11 is 0. The SMILES string of the molecule is CC(NC(=O)c1n[nH]c2ccccc12)C(=O)NC1CCCC1. The zero-order chi connectivity index (χ0) is 15.5. The minimum atomic E-state index is -0.580. The summed E-state index contributed by atoms with van der Waals surface area (Å²) in [6.07, 6.45) is 4.36. The van der Waals surface area contributed by atoms with Crippen LogP contribution in [0.4, 0.5) is 0 Å². The van der Waals surface area contributed by atoms with E-state index in [1.54, 1.807) is 6.92 Å². The molecule has 3 rings (SSSR count). The third-order valence-electron chi connectivity index (χ3n) is 4.13. The van der Waals surface area contributed by atoms with Gasteiger partial charge in [-0.05, 0) is 25.8 Å². The molecule has 1 aliphatic rings. The number of carbonyl (C=O) groups is 2. The topological polar surface area (TPSA) is 86.9 Å². The fourth-order valence-electron chi connectivity index (χ4n) is 2.86. The predicted octanol–water partition coefficient (Wildman–Crippen LogP) is 1.74. The molecule has 116 valence electrons. The fourth-order valence-corrected chi connectivity index (χ4v) is 2.86. The van der Waals surface area contributed by atoms with Gasteiger partial charge in [-0.3, -0.25) is 14.7 Å². The maximum absolute atomic E-state index is 12.3. The highest BCUT2D eigenvalue weighted by atomic mass is 16.2. The third kappa shape index (κ3) is 2.95. The highest BCUT2D eigenvalue weighted by molar-refractivity contribution is 6.05. The Labute approximate surface area is 128 Å². The summed E-state index contributed by atoms with van der Waals surface area (Å²) in [7, 11) is 0. The number of rotatable bonds is 4. The lowest BCUT2D eigenvalue weighted by molar-refractivity contribution is -0.123. The second kappa shape index (κ2) is 6.17. The van der Waals surface area contributed by atoms with Crippen molar-refractivity contribution in [1.29, 1.82) is 0 Å². The fraction of sp³-hybridized carbons (Fsp3) is 0.438. The molecule has 1 atom stereocenters. The van der Waals surface area contributed by atoms with E-state index in [2.05, 4.69) is 20.8 Å². The van der Waals surface area contributed by atoms with Crippen molar-refractivity contribution in [3.8, 4) is 0 Å². The number of benzene rings is 1. The lowest BCUT2D eigenvalue weighted by Crippen LogP contribution is -2.47. The molecule has 0 bridgehead atoms. The Kier molecular flexibility index (Phi) is 4.09. The Bertz CT molecular complexity index is 688. The molecule has 6 heteroatoms. The molecule has 6 nitrogen and oxygen atoms in total. The van der Waals surface area contributed by atoms with Gasteiger partial charge in [-0.2, -0.15) is 5.10 Å². The van der Waals surface area contributed by atoms with Gasteiger partial charge in [0.25, 0.3) is 5.91 Å². The van der Waals surface area contributed by atoms with Gasteiger partial charge in [0, 0.05) is 11.4 Å². The van der Waals surface area contributed by atoms with E-state index < -0.39 is 6.04 Å². The average molecular weight is 300 g/mol. The van der Waals surface area contributed by atoms with E-state index in [-0.39, 0.29) is 17.9 Å². The van der Waals surface area contributed by atoms with Gasteiger partial charge in [0.15, 0.2) is 5.69 Å². The van der Waals surface area contributed by atoms with E-state index in [0.717, 1.165) is 36.6 Å². The number of carbonyl (C=O) groups excluding carboxylic acids is 2. The molecule has 2 amide bonds. The van der Waals surface area contributed by atoms with Crippen LogP contribution in [0.25, 0.3) is 10.9 Å². The minimum absolute atomic E-state index is 0.139. The summed E-state index contributed by atoms with van der Waals surface area (Å²) in [4.78, 5) is 24.4. The summed E-state index contributed by atoms with van der Waals surface area (Å²) in [6.45, 7) is 1.69. The quantitative estimate of drug-likeness (QED) is 0.804. The Hall–Kier alpha value is -2.37. The van der Waals surface area contributed by atoms with Gasteiger partial charge in [-0.15, -0.1) is 0 Å². The molecule has 1 fully saturated rings. The number of para-hydroxylation sites is 1. The number of nitrogens with one attached hydrogen (secondary N) is 3. The number of fused-ring (bicyclic) bond motifs is 1. The monoisotopic (exact) mass is 300 g/mol. The first-order valence-corrected chi connectivity index (χ1v) is 7.69. The number of hydrogen-bond acceptors (Lipinski definition) is 3. The van der Waals surface area contributed by atoms with Crippen LogP contribution in [0.15, 0.2) is 24.3 Å². The van der Waals surface area contributed by atoms with Crippen LogP contribution < -0.4 is 10.6 Å². The first-order valence-electron chi connectivity index (χ1n) is 7.69. The van der Waals surface area contributed by atoms with Gasteiger partial charge in [0.05, 0.1) is 5.52 Å². The average Bonchev–Trinajstić information content (AvgIpc) is 3.15. The van der Waals surface area contributed by atoms with Gasteiger partial charge < -0.3 is 10.6 Å². The summed E-state index contributed by atoms with van der Waals surface area (Å²) in [6, 6.07) is 7.08. The largest absolute Gasteiger partial charge is 0.352 e. The van der Waals surface area contributed by atoms with Crippen LogP contribution in [-0.4, -0.2) is 34.1 Å². The Morgan fingerprint density at radius 2 is 2.00 bits per heavy atom. The molecular formula is C16H20N4O2. The lowest BCUT2D eigenvalue weighted by atomic mass is 10.2. The van der Waals surface area contributed by atoms with Crippen molar-refractivity contribution in [1.82, 2.24) is 20.8 Å². The van der Waals surface area contributed by atoms with Crippen LogP contribution in [0.3, 0.4) is 0 Å². The molecule has 1 saturated carbocycles. The molecule has 1 unspecified atom stereocenters. The number of aromatic amines is 1. The molecule has 3 N–H and O–H groups in total. The summed E-state index contributed by atoms with van der Waals surface area (Å²) < 4.78 is 0. The maximum Gasteiger partial charge on any atom is 0.273 e. The van der Waals surface area contributed by atoms with Gasteiger partial charge in [0.2, 0.25) is 5.91 Å². The highest BCUT2D eigenvalue weighted by Gasteiger charge is 2.23. The standard InChI is InChI=1S/C16H20N4O2/c1-10(15(21)18-11-6-2-3-7-11)17-16(22)14-12-8-4-5-9-13(12)19-20-14/h4-5,8-11H,2-3,6-7H2,1H3,(H,17,22)(H,18,21)(H,19,20).